The lowest BCUT2D eigenvalue weighted by Gasteiger charge is -2.12. The van der Waals surface area contributed by atoms with E-state index in [0.717, 1.165) is 38.8 Å². The molecule has 4 nitrogen and oxygen atoms in total. The maximum atomic E-state index is 4.65. The van der Waals surface area contributed by atoms with Crippen molar-refractivity contribution in [3.8, 4) is 5.69 Å². The number of benzene rings is 1. The molecule has 0 saturated heterocycles. The maximum Gasteiger partial charge on any atom is 0.159 e. The number of aryl methyl sites for hydroxylation is 1. The second kappa shape index (κ2) is 5.09. The molecule has 1 aromatic heterocycles. The van der Waals surface area contributed by atoms with Gasteiger partial charge in [0.05, 0.1) is 5.69 Å². The van der Waals surface area contributed by atoms with Gasteiger partial charge in [-0.2, -0.15) is 0 Å². The highest BCUT2D eigenvalue weighted by Gasteiger charge is 2.21. The molecule has 19 heavy (non-hydrogen) atoms. The normalized spacial score (nSPS) is 13.5. The Morgan fingerprint density at radius 1 is 1.37 bits per heavy atom. The molecule has 0 atom stereocenters. The largest absolute Gasteiger partial charge is 0.281 e. The van der Waals surface area contributed by atoms with Gasteiger partial charge in [-0.1, -0.05) is 22.9 Å². The number of hydrogen-bond donors (Lipinski definition) is 0. The van der Waals surface area contributed by atoms with Crippen LogP contribution in [-0.4, -0.2) is 26.1 Å². The van der Waals surface area contributed by atoms with E-state index in [9.17, 15) is 0 Å². The molecule has 2 heterocycles. The molecular formula is C13H13BrN4S. The van der Waals surface area contributed by atoms with Crippen molar-refractivity contribution in [3.05, 3.63) is 39.9 Å². The van der Waals surface area contributed by atoms with Crippen molar-refractivity contribution < 1.29 is 0 Å². The van der Waals surface area contributed by atoms with Gasteiger partial charge in [-0.25, -0.2) is 0 Å². The van der Waals surface area contributed by atoms with Gasteiger partial charge in [-0.05, 0) is 24.5 Å². The zero-order valence-corrected chi connectivity index (χ0v) is 13.1. The Hall–Kier alpha value is -1.14. The third kappa shape index (κ3) is 2.12. The van der Waals surface area contributed by atoms with E-state index in [0.29, 0.717) is 6.54 Å². The average Bonchev–Trinajstić information content (AvgIpc) is 2.76. The minimum absolute atomic E-state index is 0.579. The summed E-state index contributed by atoms with van der Waals surface area (Å²) in [4.78, 5) is 4.65. The Kier molecular flexibility index (Phi) is 3.45. The minimum atomic E-state index is 0.579. The van der Waals surface area contributed by atoms with Crippen LogP contribution in [0.4, 0.5) is 0 Å². The molecule has 0 amide bonds. The van der Waals surface area contributed by atoms with Gasteiger partial charge in [0.2, 0.25) is 0 Å². The predicted octanol–water partition coefficient (Wildman–Crippen LogP) is 3.22. The molecule has 1 aliphatic heterocycles. The van der Waals surface area contributed by atoms with Gasteiger partial charge in [-0.15, -0.1) is 22.0 Å². The fraction of sp³-hybridized carbons (Fsp3) is 0.308. The number of aromatic nitrogens is 3. The van der Waals surface area contributed by atoms with Crippen molar-refractivity contribution in [2.45, 2.75) is 19.9 Å². The van der Waals surface area contributed by atoms with Crippen LogP contribution in [0.25, 0.3) is 5.69 Å². The zero-order chi connectivity index (χ0) is 13.4. The quantitative estimate of drug-likeness (QED) is 0.803. The molecule has 0 aliphatic carbocycles. The van der Waals surface area contributed by atoms with Crippen LogP contribution >= 0.6 is 27.7 Å². The SMILES string of the molecule is CCc1nnc2n1-c1ccc(Br)cc1C(SC)=NC2. The van der Waals surface area contributed by atoms with Crippen molar-refractivity contribution in [1.82, 2.24) is 14.8 Å². The van der Waals surface area contributed by atoms with Crippen LogP contribution in [0.1, 0.15) is 24.1 Å². The van der Waals surface area contributed by atoms with E-state index in [1.165, 1.54) is 0 Å². The van der Waals surface area contributed by atoms with Crippen molar-refractivity contribution >= 4 is 32.7 Å². The molecule has 0 bridgehead atoms. The molecule has 0 fully saturated rings. The Labute approximate surface area is 124 Å². The molecule has 6 heteroatoms. The molecule has 0 saturated carbocycles. The second-order valence-corrected chi connectivity index (χ2v) is 5.92. The molecule has 1 aliphatic rings. The van der Waals surface area contributed by atoms with Crippen LogP contribution in [0.2, 0.25) is 0 Å². The first kappa shape index (κ1) is 12.9. The number of nitrogens with zero attached hydrogens (tertiary/aromatic N) is 4. The van der Waals surface area contributed by atoms with Crippen LogP contribution in [-0.2, 0) is 13.0 Å². The summed E-state index contributed by atoms with van der Waals surface area (Å²) < 4.78 is 3.19. The van der Waals surface area contributed by atoms with Gasteiger partial charge in [0.25, 0.3) is 0 Å². The van der Waals surface area contributed by atoms with Gasteiger partial charge in [-0.3, -0.25) is 9.56 Å². The topological polar surface area (TPSA) is 43.1 Å². The second-order valence-electron chi connectivity index (χ2n) is 4.21. The molecule has 0 unspecified atom stereocenters. The summed E-state index contributed by atoms with van der Waals surface area (Å²) in [5, 5.41) is 9.56. The first-order chi connectivity index (χ1) is 9.24. The van der Waals surface area contributed by atoms with Gasteiger partial charge >= 0.3 is 0 Å². The van der Waals surface area contributed by atoms with E-state index in [1.54, 1.807) is 11.8 Å². The number of rotatable bonds is 1. The van der Waals surface area contributed by atoms with Gasteiger partial charge in [0.1, 0.15) is 17.4 Å². The fourth-order valence-electron chi connectivity index (χ4n) is 2.24. The summed E-state index contributed by atoms with van der Waals surface area (Å²) >= 11 is 5.20. The summed E-state index contributed by atoms with van der Waals surface area (Å²) in [6.07, 6.45) is 2.91. The Bertz CT molecular complexity index is 663. The zero-order valence-electron chi connectivity index (χ0n) is 10.7. The first-order valence-electron chi connectivity index (χ1n) is 6.06. The first-order valence-corrected chi connectivity index (χ1v) is 8.08. The predicted molar refractivity (Wildman–Crippen MR) is 82.2 cm³/mol. The third-order valence-electron chi connectivity index (χ3n) is 3.10. The van der Waals surface area contributed by atoms with Gasteiger partial charge < -0.3 is 0 Å². The van der Waals surface area contributed by atoms with Crippen LogP contribution in [0, 0.1) is 0 Å². The molecule has 0 spiro atoms. The van der Waals surface area contributed by atoms with E-state index >= 15 is 0 Å². The number of thioether (sulfide) groups is 1. The molecule has 0 N–H and O–H groups in total. The lowest BCUT2D eigenvalue weighted by Crippen LogP contribution is -2.06. The third-order valence-corrected chi connectivity index (χ3v) is 4.33. The standard InChI is InChI=1S/C13H13BrN4S/c1-3-11-16-17-12-7-15-13(19-2)9-6-8(14)4-5-10(9)18(11)12/h4-6H,3,7H2,1-2H3. The lowest BCUT2D eigenvalue weighted by atomic mass is 10.2. The number of fused-ring (bicyclic) bond motifs is 3. The average molecular weight is 337 g/mol. The molecule has 0 radical (unpaired) electrons. The highest BCUT2D eigenvalue weighted by atomic mass is 79.9. The van der Waals surface area contributed by atoms with Crippen molar-refractivity contribution in [2.24, 2.45) is 4.99 Å². The molecule has 1 aromatic carbocycles. The highest BCUT2D eigenvalue weighted by molar-refractivity contribution is 9.10. The highest BCUT2D eigenvalue weighted by Crippen LogP contribution is 2.28. The number of aliphatic imine (C=N–C) groups is 1. The summed E-state index contributed by atoms with van der Waals surface area (Å²) in [6, 6.07) is 6.26. The Balaban J connectivity index is 2.31. The van der Waals surface area contributed by atoms with E-state index in [-0.39, 0.29) is 0 Å². The molecule has 98 valence electrons. The van der Waals surface area contributed by atoms with E-state index in [4.69, 9.17) is 0 Å². The van der Waals surface area contributed by atoms with Crippen molar-refractivity contribution in [3.63, 3.8) is 0 Å². The summed E-state index contributed by atoms with van der Waals surface area (Å²) in [6.45, 7) is 2.67. The molecular weight excluding hydrogens is 324 g/mol. The number of hydrogen-bond acceptors (Lipinski definition) is 4. The van der Waals surface area contributed by atoms with E-state index in [1.807, 2.05) is 6.07 Å². The van der Waals surface area contributed by atoms with Crippen LogP contribution in [0.3, 0.4) is 0 Å². The fourth-order valence-corrected chi connectivity index (χ4v) is 3.18. The lowest BCUT2D eigenvalue weighted by molar-refractivity contribution is 0.839. The smallest absolute Gasteiger partial charge is 0.159 e. The summed E-state index contributed by atoms with van der Waals surface area (Å²) in [5.74, 6) is 1.89. The van der Waals surface area contributed by atoms with Gasteiger partial charge in [0, 0.05) is 16.5 Å². The molecule has 3 rings (SSSR count). The van der Waals surface area contributed by atoms with Crippen molar-refractivity contribution in [1.29, 1.82) is 0 Å². The monoisotopic (exact) mass is 336 g/mol. The van der Waals surface area contributed by atoms with Gasteiger partial charge in [0.15, 0.2) is 5.82 Å². The Morgan fingerprint density at radius 2 is 2.21 bits per heavy atom. The number of halogens is 1. The summed E-state index contributed by atoms with van der Waals surface area (Å²) in [7, 11) is 0. The van der Waals surface area contributed by atoms with Crippen LogP contribution < -0.4 is 0 Å². The summed E-state index contributed by atoms with van der Waals surface area (Å²) in [5.41, 5.74) is 2.25. The van der Waals surface area contributed by atoms with E-state index in [2.05, 4.69) is 61.0 Å². The maximum absolute atomic E-state index is 4.65. The van der Waals surface area contributed by atoms with Crippen LogP contribution in [0.15, 0.2) is 27.7 Å². The van der Waals surface area contributed by atoms with Crippen molar-refractivity contribution in [2.75, 3.05) is 6.26 Å². The van der Waals surface area contributed by atoms with E-state index < -0.39 is 0 Å². The molecule has 2 aromatic rings. The minimum Gasteiger partial charge on any atom is -0.281 e. The Morgan fingerprint density at radius 3 is 2.95 bits per heavy atom. The van der Waals surface area contributed by atoms with Crippen LogP contribution in [0.5, 0.6) is 0 Å².